The first-order chi connectivity index (χ1) is 11.2. The van der Waals surface area contributed by atoms with Gasteiger partial charge in [0.2, 0.25) is 0 Å². The molecule has 0 unspecified atom stereocenters. The molecule has 2 saturated carbocycles. The number of piperidine rings is 1. The van der Waals surface area contributed by atoms with Crippen molar-refractivity contribution in [3.63, 3.8) is 0 Å². The van der Waals surface area contributed by atoms with Gasteiger partial charge in [-0.2, -0.15) is 0 Å². The highest BCUT2D eigenvalue weighted by Crippen LogP contribution is 2.30. The lowest BCUT2D eigenvalue weighted by Gasteiger charge is -2.39. The van der Waals surface area contributed by atoms with Crippen molar-refractivity contribution in [3.8, 4) is 0 Å². The van der Waals surface area contributed by atoms with Gasteiger partial charge in [0.05, 0.1) is 11.7 Å². The normalized spacial score (nSPS) is 25.2. The Kier molecular flexibility index (Phi) is 8.07. The molecule has 3 aliphatic rings. The first-order valence-electron chi connectivity index (χ1n) is 9.48. The van der Waals surface area contributed by atoms with Gasteiger partial charge < -0.3 is 20.1 Å². The summed E-state index contributed by atoms with van der Waals surface area (Å²) in [4.78, 5) is 6.69. The van der Waals surface area contributed by atoms with Crippen LogP contribution in [0.4, 0.5) is 0 Å². The molecule has 0 aromatic rings. The Morgan fingerprint density at radius 1 is 1.17 bits per heavy atom. The highest BCUT2D eigenvalue weighted by molar-refractivity contribution is 14.0. The quantitative estimate of drug-likeness (QED) is 0.384. The molecule has 0 spiro atoms. The Morgan fingerprint density at radius 2 is 1.83 bits per heavy atom. The standard InChI is InChI=1S/C18H33N3O2.HI/c1-19-17(20-14-18(22)9-4-10-18)21-11-7-16(8-12-21)23-13-15-5-2-3-6-15;/h15-16,22H,2-14H2,1H3,(H,19,20);1H. The second-order valence-corrected chi connectivity index (χ2v) is 7.65. The van der Waals surface area contributed by atoms with Gasteiger partial charge in [0.25, 0.3) is 0 Å². The minimum atomic E-state index is -0.501. The van der Waals surface area contributed by atoms with E-state index < -0.39 is 5.60 Å². The van der Waals surface area contributed by atoms with E-state index in [1.807, 2.05) is 7.05 Å². The van der Waals surface area contributed by atoms with Gasteiger partial charge >= 0.3 is 0 Å². The smallest absolute Gasteiger partial charge is 0.193 e. The second kappa shape index (κ2) is 9.57. The van der Waals surface area contributed by atoms with Crippen LogP contribution in [-0.2, 0) is 4.74 Å². The molecule has 1 heterocycles. The molecule has 0 radical (unpaired) electrons. The fourth-order valence-corrected chi connectivity index (χ4v) is 4.02. The van der Waals surface area contributed by atoms with Crippen LogP contribution in [0.1, 0.15) is 57.8 Å². The van der Waals surface area contributed by atoms with Crippen molar-refractivity contribution in [2.45, 2.75) is 69.5 Å². The first kappa shape index (κ1) is 20.2. The summed E-state index contributed by atoms with van der Waals surface area (Å²) in [5.41, 5.74) is -0.501. The molecule has 2 aliphatic carbocycles. The molecule has 3 fully saturated rings. The first-order valence-corrected chi connectivity index (χ1v) is 9.48. The number of aliphatic imine (C=N–C) groups is 1. The molecule has 3 rings (SSSR count). The Hall–Kier alpha value is -0.0800. The summed E-state index contributed by atoms with van der Waals surface area (Å²) in [5.74, 6) is 1.74. The average Bonchev–Trinajstić information content (AvgIpc) is 3.06. The van der Waals surface area contributed by atoms with Crippen molar-refractivity contribution in [3.05, 3.63) is 0 Å². The van der Waals surface area contributed by atoms with Gasteiger partial charge in [-0.3, -0.25) is 4.99 Å². The molecule has 1 saturated heterocycles. The zero-order chi connectivity index (χ0) is 16.1. The van der Waals surface area contributed by atoms with Crippen LogP contribution in [0, 0.1) is 5.92 Å². The average molecular weight is 451 g/mol. The van der Waals surface area contributed by atoms with E-state index in [2.05, 4.69) is 15.2 Å². The van der Waals surface area contributed by atoms with Gasteiger partial charge in [0.15, 0.2) is 5.96 Å². The van der Waals surface area contributed by atoms with Crippen LogP contribution in [0.15, 0.2) is 4.99 Å². The monoisotopic (exact) mass is 451 g/mol. The van der Waals surface area contributed by atoms with Crippen LogP contribution < -0.4 is 5.32 Å². The van der Waals surface area contributed by atoms with Crippen LogP contribution in [-0.4, -0.2) is 61.0 Å². The molecule has 1 aliphatic heterocycles. The van der Waals surface area contributed by atoms with Crippen molar-refractivity contribution in [1.29, 1.82) is 0 Å². The number of guanidine groups is 1. The number of nitrogens with one attached hydrogen (secondary N) is 1. The van der Waals surface area contributed by atoms with E-state index in [9.17, 15) is 5.11 Å². The Balaban J connectivity index is 0.00000208. The number of likely N-dealkylation sites (tertiary alicyclic amines) is 1. The highest BCUT2D eigenvalue weighted by Gasteiger charge is 2.35. The fraction of sp³-hybridized carbons (Fsp3) is 0.944. The molecule has 24 heavy (non-hydrogen) atoms. The Labute approximate surface area is 163 Å². The van der Waals surface area contributed by atoms with Gasteiger partial charge in [-0.25, -0.2) is 0 Å². The summed E-state index contributed by atoms with van der Waals surface area (Å²) in [6, 6.07) is 0. The number of nitrogens with zero attached hydrogens (tertiary/aromatic N) is 2. The van der Waals surface area contributed by atoms with E-state index in [-0.39, 0.29) is 24.0 Å². The molecule has 0 aromatic carbocycles. The summed E-state index contributed by atoms with van der Waals surface area (Å²) < 4.78 is 6.14. The summed E-state index contributed by atoms with van der Waals surface area (Å²) in [7, 11) is 1.83. The van der Waals surface area contributed by atoms with Crippen LogP contribution in [0.5, 0.6) is 0 Å². The molecule has 5 nitrogen and oxygen atoms in total. The summed E-state index contributed by atoms with van der Waals surface area (Å²) in [5, 5.41) is 13.6. The maximum absolute atomic E-state index is 10.2. The van der Waals surface area contributed by atoms with Crippen LogP contribution in [0.25, 0.3) is 0 Å². The van der Waals surface area contributed by atoms with Gasteiger partial charge in [0.1, 0.15) is 0 Å². The van der Waals surface area contributed by atoms with Crippen molar-refractivity contribution >= 4 is 29.9 Å². The van der Waals surface area contributed by atoms with Gasteiger partial charge in [-0.1, -0.05) is 12.8 Å². The van der Waals surface area contributed by atoms with Crippen molar-refractivity contribution in [2.24, 2.45) is 10.9 Å². The third-order valence-electron chi connectivity index (χ3n) is 5.86. The largest absolute Gasteiger partial charge is 0.388 e. The molecular formula is C18H34IN3O2. The van der Waals surface area contributed by atoms with Gasteiger partial charge in [-0.15, -0.1) is 24.0 Å². The number of hydrogen-bond donors (Lipinski definition) is 2. The topological polar surface area (TPSA) is 57.1 Å². The second-order valence-electron chi connectivity index (χ2n) is 7.65. The zero-order valence-corrected chi connectivity index (χ0v) is 17.3. The molecule has 0 atom stereocenters. The molecular weight excluding hydrogens is 417 g/mol. The number of rotatable bonds is 5. The summed E-state index contributed by atoms with van der Waals surface area (Å²) >= 11 is 0. The van der Waals surface area contributed by atoms with Gasteiger partial charge in [-0.05, 0) is 50.9 Å². The zero-order valence-electron chi connectivity index (χ0n) is 15.0. The fourth-order valence-electron chi connectivity index (χ4n) is 4.02. The lowest BCUT2D eigenvalue weighted by Crippen LogP contribution is -2.53. The van der Waals surface area contributed by atoms with Crippen LogP contribution >= 0.6 is 24.0 Å². The molecule has 140 valence electrons. The van der Waals surface area contributed by atoms with E-state index in [4.69, 9.17) is 4.74 Å². The lowest BCUT2D eigenvalue weighted by atomic mass is 9.80. The molecule has 0 aromatic heterocycles. The third kappa shape index (κ3) is 5.46. The maximum atomic E-state index is 10.2. The Bertz CT molecular complexity index is 401. The van der Waals surface area contributed by atoms with Crippen LogP contribution in [0.3, 0.4) is 0 Å². The Morgan fingerprint density at radius 3 is 2.38 bits per heavy atom. The predicted octanol–water partition coefficient (Wildman–Crippen LogP) is 2.77. The summed E-state index contributed by atoms with van der Waals surface area (Å²) in [6.45, 7) is 3.57. The number of hydrogen-bond acceptors (Lipinski definition) is 3. The predicted molar refractivity (Wildman–Crippen MR) is 108 cm³/mol. The molecule has 0 bridgehead atoms. The van der Waals surface area contributed by atoms with E-state index >= 15 is 0 Å². The van der Waals surface area contributed by atoms with Crippen LogP contribution in [0.2, 0.25) is 0 Å². The van der Waals surface area contributed by atoms with E-state index in [1.54, 1.807) is 0 Å². The van der Waals surface area contributed by atoms with Crippen molar-refractivity contribution in [1.82, 2.24) is 10.2 Å². The molecule has 6 heteroatoms. The van der Waals surface area contributed by atoms with Gasteiger partial charge in [0, 0.05) is 33.3 Å². The number of ether oxygens (including phenoxy) is 1. The van der Waals surface area contributed by atoms with Crippen molar-refractivity contribution in [2.75, 3.05) is 33.3 Å². The minimum Gasteiger partial charge on any atom is -0.388 e. The number of aliphatic hydroxyl groups is 1. The van der Waals surface area contributed by atoms with E-state index in [0.717, 1.165) is 63.7 Å². The SMILES string of the molecule is CN=C(NCC1(O)CCC1)N1CCC(OCC2CCCC2)CC1.I. The molecule has 2 N–H and O–H groups in total. The number of halogens is 1. The van der Waals surface area contributed by atoms with E-state index in [0.29, 0.717) is 12.6 Å². The van der Waals surface area contributed by atoms with E-state index in [1.165, 1.54) is 25.7 Å². The third-order valence-corrected chi connectivity index (χ3v) is 5.86. The lowest BCUT2D eigenvalue weighted by molar-refractivity contribution is -0.0289. The highest BCUT2D eigenvalue weighted by atomic mass is 127. The maximum Gasteiger partial charge on any atom is 0.193 e. The molecule has 0 amide bonds. The minimum absolute atomic E-state index is 0. The van der Waals surface area contributed by atoms with Crippen molar-refractivity contribution < 1.29 is 9.84 Å². The summed E-state index contributed by atoms with van der Waals surface area (Å²) in [6.07, 6.45) is 11.0.